The Kier molecular flexibility index (Phi) is 2.59. The fraction of sp³-hybridized carbons (Fsp3) is 0.200. The molecular formula is C10H10BrN3O2. The van der Waals surface area contributed by atoms with E-state index in [0.29, 0.717) is 5.56 Å². The lowest BCUT2D eigenvalue weighted by Gasteiger charge is -2.14. The van der Waals surface area contributed by atoms with Gasteiger partial charge in [0.1, 0.15) is 5.82 Å². The molecule has 0 unspecified atom stereocenters. The van der Waals surface area contributed by atoms with Crippen molar-refractivity contribution >= 4 is 23.0 Å². The van der Waals surface area contributed by atoms with Crippen LogP contribution in [0.2, 0.25) is 0 Å². The van der Waals surface area contributed by atoms with Crippen molar-refractivity contribution in [3.05, 3.63) is 29.8 Å². The van der Waals surface area contributed by atoms with E-state index in [4.69, 9.17) is 5.11 Å². The zero-order valence-electron chi connectivity index (χ0n) is 8.30. The van der Waals surface area contributed by atoms with Crippen molar-refractivity contribution in [1.29, 1.82) is 0 Å². The number of aromatic carboxylic acids is 1. The Morgan fingerprint density at radius 2 is 2.38 bits per heavy atom. The summed E-state index contributed by atoms with van der Waals surface area (Å²) in [5, 5.41) is 9.04. The zero-order valence-corrected chi connectivity index (χ0v) is 10.0. The third kappa shape index (κ3) is 1.37. The minimum atomic E-state index is -0.913. The summed E-state index contributed by atoms with van der Waals surface area (Å²) >= 11 is 0. The molecular weight excluding hydrogens is 274 g/mol. The molecule has 2 N–H and O–H groups in total. The molecule has 84 valence electrons. The molecule has 0 bridgehead atoms. The molecule has 0 saturated carbocycles. The van der Waals surface area contributed by atoms with Crippen LogP contribution in [0, 0.1) is 0 Å². The summed E-state index contributed by atoms with van der Waals surface area (Å²) in [5.41, 5.74) is 2.00. The average Bonchev–Trinajstić information content (AvgIpc) is 2.82. The van der Waals surface area contributed by atoms with E-state index < -0.39 is 5.97 Å². The Balaban J connectivity index is 0.000000963. The second-order valence-electron chi connectivity index (χ2n) is 3.56. The van der Waals surface area contributed by atoms with Crippen LogP contribution in [0.5, 0.6) is 0 Å². The Morgan fingerprint density at radius 1 is 1.56 bits per heavy atom. The number of H-pyrrole nitrogens is 1. The Hall–Kier alpha value is -1.56. The number of nitrogens with zero attached hydrogens (tertiary/aromatic N) is 2. The van der Waals surface area contributed by atoms with Crippen molar-refractivity contribution < 1.29 is 9.90 Å². The highest BCUT2D eigenvalue weighted by molar-refractivity contribution is 8.93. The molecule has 16 heavy (non-hydrogen) atoms. The van der Waals surface area contributed by atoms with Crippen LogP contribution in [0.3, 0.4) is 0 Å². The third-order valence-electron chi connectivity index (χ3n) is 2.73. The van der Waals surface area contributed by atoms with Crippen molar-refractivity contribution in [2.75, 3.05) is 0 Å². The van der Waals surface area contributed by atoms with Crippen molar-refractivity contribution in [3.63, 3.8) is 0 Å². The van der Waals surface area contributed by atoms with Gasteiger partial charge in [-0.15, -0.1) is 17.0 Å². The van der Waals surface area contributed by atoms with Gasteiger partial charge in [-0.2, -0.15) is 0 Å². The Bertz CT molecular complexity index is 544. The number of carbonyl (C=O) groups is 1. The lowest BCUT2D eigenvalue weighted by Crippen LogP contribution is -2.11. The highest BCUT2D eigenvalue weighted by Crippen LogP contribution is 2.30. The summed E-state index contributed by atoms with van der Waals surface area (Å²) in [5.74, 6) is -0.168. The molecule has 5 nitrogen and oxygen atoms in total. The van der Waals surface area contributed by atoms with Crippen LogP contribution >= 0.6 is 17.0 Å². The first-order valence-electron chi connectivity index (χ1n) is 4.72. The minimum absolute atomic E-state index is 0. The normalized spacial score (nSPS) is 12.5. The van der Waals surface area contributed by atoms with Gasteiger partial charge in [-0.1, -0.05) is 0 Å². The number of imidazole rings is 1. The second-order valence-corrected chi connectivity index (χ2v) is 3.56. The summed E-state index contributed by atoms with van der Waals surface area (Å²) in [4.78, 5) is 18.2. The zero-order chi connectivity index (χ0) is 10.4. The number of carboxylic acids is 1. The lowest BCUT2D eigenvalue weighted by atomic mass is 10.1. The van der Waals surface area contributed by atoms with Gasteiger partial charge in [0, 0.05) is 37.3 Å². The second kappa shape index (κ2) is 3.79. The molecule has 0 fully saturated rings. The van der Waals surface area contributed by atoms with Crippen LogP contribution in [-0.2, 0) is 13.0 Å². The van der Waals surface area contributed by atoms with Gasteiger partial charge < -0.3 is 14.7 Å². The monoisotopic (exact) mass is 283 g/mol. The molecule has 0 aliphatic carbocycles. The lowest BCUT2D eigenvalue weighted by molar-refractivity contribution is 0.0697. The van der Waals surface area contributed by atoms with Crippen LogP contribution < -0.4 is 0 Å². The number of rotatable bonds is 1. The molecule has 0 radical (unpaired) electrons. The van der Waals surface area contributed by atoms with Crippen molar-refractivity contribution in [1.82, 2.24) is 14.5 Å². The van der Waals surface area contributed by atoms with Crippen molar-refractivity contribution in [2.24, 2.45) is 0 Å². The molecule has 1 aliphatic rings. The van der Waals surface area contributed by atoms with Crippen LogP contribution in [0.25, 0.3) is 11.4 Å². The maximum atomic E-state index is 11.0. The molecule has 2 aromatic rings. The topological polar surface area (TPSA) is 70.9 Å². The van der Waals surface area contributed by atoms with Crippen LogP contribution in [0.4, 0.5) is 0 Å². The number of hydrogen-bond acceptors (Lipinski definition) is 2. The molecule has 0 saturated heterocycles. The standard InChI is InChI=1S/C10H9N3O2.BrH/c14-10(15)6-5-12-7-1-3-13-4-2-11-9(13)8(6)7;/h2,4-5,12H,1,3H2,(H,14,15);1H. The SMILES string of the molecule is Br.O=C(O)c1c[nH]c2c1-c1nccn1CC2. The first-order chi connectivity index (χ1) is 7.27. The van der Waals surface area contributed by atoms with E-state index in [1.165, 1.54) is 6.20 Å². The van der Waals surface area contributed by atoms with Gasteiger partial charge in [0.2, 0.25) is 0 Å². The van der Waals surface area contributed by atoms with E-state index in [-0.39, 0.29) is 17.0 Å². The molecule has 3 heterocycles. The quantitative estimate of drug-likeness (QED) is 0.837. The third-order valence-corrected chi connectivity index (χ3v) is 2.73. The minimum Gasteiger partial charge on any atom is -0.478 e. The largest absolute Gasteiger partial charge is 0.478 e. The first kappa shape index (κ1) is 10.9. The molecule has 0 amide bonds. The molecule has 6 heteroatoms. The summed E-state index contributed by atoms with van der Waals surface area (Å²) in [6.45, 7) is 0.849. The molecule has 1 aliphatic heterocycles. The van der Waals surface area contributed by atoms with E-state index in [2.05, 4.69) is 9.97 Å². The number of halogens is 1. The first-order valence-corrected chi connectivity index (χ1v) is 4.72. The Labute approximate surface area is 102 Å². The fourth-order valence-electron chi connectivity index (χ4n) is 2.04. The fourth-order valence-corrected chi connectivity index (χ4v) is 2.04. The van der Waals surface area contributed by atoms with Crippen LogP contribution in [-0.4, -0.2) is 25.6 Å². The van der Waals surface area contributed by atoms with Gasteiger partial charge >= 0.3 is 5.97 Å². The average molecular weight is 284 g/mol. The maximum absolute atomic E-state index is 11.0. The van der Waals surface area contributed by atoms with Crippen LogP contribution in [0.1, 0.15) is 16.1 Å². The van der Waals surface area contributed by atoms with Gasteiger partial charge in [-0.05, 0) is 0 Å². The number of fused-ring (bicyclic) bond motifs is 3. The number of aromatic amines is 1. The Morgan fingerprint density at radius 3 is 3.12 bits per heavy atom. The summed E-state index contributed by atoms with van der Waals surface area (Å²) in [7, 11) is 0. The van der Waals surface area contributed by atoms with Crippen molar-refractivity contribution in [2.45, 2.75) is 13.0 Å². The highest BCUT2D eigenvalue weighted by Gasteiger charge is 2.24. The summed E-state index contributed by atoms with van der Waals surface area (Å²) in [6.07, 6.45) is 5.93. The van der Waals surface area contributed by atoms with E-state index in [1.807, 2.05) is 10.8 Å². The molecule has 0 aromatic carbocycles. The predicted molar refractivity (Wildman–Crippen MR) is 63.0 cm³/mol. The maximum Gasteiger partial charge on any atom is 0.337 e. The van der Waals surface area contributed by atoms with Gasteiger partial charge in [-0.25, -0.2) is 9.78 Å². The van der Waals surface area contributed by atoms with E-state index in [1.54, 1.807) is 6.20 Å². The van der Waals surface area contributed by atoms with Crippen molar-refractivity contribution in [3.8, 4) is 11.4 Å². The summed E-state index contributed by atoms with van der Waals surface area (Å²) in [6, 6.07) is 0. The highest BCUT2D eigenvalue weighted by atomic mass is 79.9. The molecule has 2 aromatic heterocycles. The van der Waals surface area contributed by atoms with Gasteiger partial charge in [-0.3, -0.25) is 0 Å². The number of aryl methyl sites for hydroxylation is 2. The molecule has 0 spiro atoms. The van der Waals surface area contributed by atoms with Gasteiger partial charge in [0.15, 0.2) is 0 Å². The van der Waals surface area contributed by atoms with E-state index in [9.17, 15) is 4.79 Å². The molecule has 3 rings (SSSR count). The number of nitrogens with one attached hydrogen (secondary N) is 1. The van der Waals surface area contributed by atoms with Gasteiger partial charge in [0.25, 0.3) is 0 Å². The molecule has 0 atom stereocenters. The van der Waals surface area contributed by atoms with E-state index >= 15 is 0 Å². The smallest absolute Gasteiger partial charge is 0.337 e. The number of hydrogen-bond donors (Lipinski definition) is 2. The van der Waals surface area contributed by atoms with E-state index in [0.717, 1.165) is 30.0 Å². The summed E-state index contributed by atoms with van der Waals surface area (Å²) < 4.78 is 1.97. The van der Waals surface area contributed by atoms with Crippen LogP contribution in [0.15, 0.2) is 18.6 Å². The number of aromatic nitrogens is 3. The van der Waals surface area contributed by atoms with Gasteiger partial charge in [0.05, 0.1) is 11.1 Å². The predicted octanol–water partition coefficient (Wildman–Crippen LogP) is 1.71. The number of carboxylic acid groups (broad SMARTS) is 1.